The Morgan fingerprint density at radius 2 is 1.39 bits per heavy atom. The molecule has 1 heteroatoms. The highest BCUT2D eigenvalue weighted by Gasteiger charge is 2.09. The summed E-state index contributed by atoms with van der Waals surface area (Å²) in [6.07, 6.45) is 1.09. The lowest BCUT2D eigenvalue weighted by Gasteiger charge is -2.13. The Bertz CT molecular complexity index is 471. The van der Waals surface area contributed by atoms with Crippen molar-refractivity contribution in [3.05, 3.63) is 60.2 Å². The Balaban J connectivity index is 2.11. The largest absolute Gasteiger partial charge is 0.0884 e. The van der Waals surface area contributed by atoms with Crippen LogP contribution in [0.15, 0.2) is 54.6 Å². The summed E-state index contributed by atoms with van der Waals surface area (Å²) in [6, 6.07) is 19.4. The molecule has 0 N–H and O–H groups in total. The van der Waals surface area contributed by atoms with E-state index < -0.39 is 0 Å². The van der Waals surface area contributed by atoms with Crippen LogP contribution in [-0.4, -0.2) is 4.83 Å². The van der Waals surface area contributed by atoms with Crippen molar-refractivity contribution in [2.24, 2.45) is 5.92 Å². The van der Waals surface area contributed by atoms with E-state index in [0.717, 1.165) is 6.42 Å². The highest BCUT2D eigenvalue weighted by atomic mass is 79.9. The van der Waals surface area contributed by atoms with Gasteiger partial charge in [-0.15, -0.1) is 0 Å². The molecule has 94 valence electrons. The van der Waals surface area contributed by atoms with Gasteiger partial charge in [-0.1, -0.05) is 84.4 Å². The zero-order valence-corrected chi connectivity index (χ0v) is 12.5. The lowest BCUT2D eigenvalue weighted by atomic mass is 9.99. The average molecular weight is 303 g/mol. The van der Waals surface area contributed by atoms with Gasteiger partial charge in [-0.2, -0.15) is 0 Å². The van der Waals surface area contributed by atoms with Crippen LogP contribution >= 0.6 is 15.9 Å². The molecule has 0 amide bonds. The molecule has 2 rings (SSSR count). The fraction of sp³-hybridized carbons (Fsp3) is 0.294. The van der Waals surface area contributed by atoms with E-state index in [1.54, 1.807) is 0 Å². The van der Waals surface area contributed by atoms with E-state index in [9.17, 15) is 0 Å². The van der Waals surface area contributed by atoms with E-state index in [0.29, 0.717) is 10.7 Å². The van der Waals surface area contributed by atoms with Crippen LogP contribution in [0.3, 0.4) is 0 Å². The number of hydrogen-bond donors (Lipinski definition) is 0. The van der Waals surface area contributed by atoms with Crippen molar-refractivity contribution in [2.45, 2.75) is 25.1 Å². The van der Waals surface area contributed by atoms with E-state index >= 15 is 0 Å². The lowest BCUT2D eigenvalue weighted by molar-refractivity contribution is 0.613. The third-order valence-corrected chi connectivity index (χ3v) is 4.60. The van der Waals surface area contributed by atoms with Gasteiger partial charge < -0.3 is 0 Å². The first-order valence-electron chi connectivity index (χ1n) is 6.45. The van der Waals surface area contributed by atoms with E-state index in [4.69, 9.17) is 0 Å². The smallest absolute Gasteiger partial charge is 0.0209 e. The van der Waals surface area contributed by atoms with Crippen molar-refractivity contribution in [1.82, 2.24) is 0 Å². The first kappa shape index (κ1) is 13.4. The Morgan fingerprint density at radius 1 is 0.833 bits per heavy atom. The van der Waals surface area contributed by atoms with Crippen LogP contribution in [0.1, 0.15) is 19.4 Å². The summed E-state index contributed by atoms with van der Waals surface area (Å²) in [5, 5.41) is 0. The van der Waals surface area contributed by atoms with E-state index in [1.807, 2.05) is 0 Å². The molecule has 0 bridgehead atoms. The minimum absolute atomic E-state index is 0.556. The summed E-state index contributed by atoms with van der Waals surface area (Å²) in [5.41, 5.74) is 3.96. The zero-order valence-electron chi connectivity index (χ0n) is 10.9. The molecular formula is C17H19Br. The molecule has 0 heterocycles. The van der Waals surface area contributed by atoms with Crippen molar-refractivity contribution in [2.75, 3.05) is 0 Å². The van der Waals surface area contributed by atoms with Crippen molar-refractivity contribution in [3.8, 4) is 11.1 Å². The molecule has 18 heavy (non-hydrogen) atoms. The maximum atomic E-state index is 3.74. The summed E-state index contributed by atoms with van der Waals surface area (Å²) in [7, 11) is 0. The second kappa shape index (κ2) is 6.19. The molecule has 0 aliphatic carbocycles. The molecule has 0 aliphatic rings. The Kier molecular flexibility index (Phi) is 4.60. The van der Waals surface area contributed by atoms with Crippen LogP contribution < -0.4 is 0 Å². The second-order valence-corrected chi connectivity index (χ2v) is 6.20. The summed E-state index contributed by atoms with van der Waals surface area (Å²) in [4.78, 5) is 0.556. The lowest BCUT2D eigenvalue weighted by Crippen LogP contribution is -2.10. The first-order chi connectivity index (χ1) is 8.66. The van der Waals surface area contributed by atoms with Gasteiger partial charge >= 0.3 is 0 Å². The number of benzene rings is 2. The number of rotatable bonds is 4. The standard InChI is InChI=1S/C17H19Br/c1-13(2)17(18)12-14-8-10-16(11-9-14)15-6-4-3-5-7-15/h3-11,13,17H,12H2,1-2H3. The van der Waals surface area contributed by atoms with Crippen LogP contribution in [0.4, 0.5) is 0 Å². The van der Waals surface area contributed by atoms with Crippen LogP contribution in [0.2, 0.25) is 0 Å². The Morgan fingerprint density at radius 3 is 1.94 bits per heavy atom. The van der Waals surface area contributed by atoms with Crippen LogP contribution in [0.5, 0.6) is 0 Å². The van der Waals surface area contributed by atoms with Crippen LogP contribution in [0, 0.1) is 5.92 Å². The summed E-state index contributed by atoms with van der Waals surface area (Å²) in [6.45, 7) is 4.50. The number of halogens is 1. The molecule has 0 spiro atoms. The number of hydrogen-bond acceptors (Lipinski definition) is 0. The molecule has 1 atom stereocenters. The van der Waals surface area contributed by atoms with Gasteiger partial charge in [0.05, 0.1) is 0 Å². The average Bonchev–Trinajstić information content (AvgIpc) is 2.40. The molecule has 1 unspecified atom stereocenters. The van der Waals surface area contributed by atoms with Crippen molar-refractivity contribution in [3.63, 3.8) is 0 Å². The molecule has 0 aliphatic heterocycles. The van der Waals surface area contributed by atoms with Gasteiger partial charge in [0.15, 0.2) is 0 Å². The van der Waals surface area contributed by atoms with Crippen molar-refractivity contribution < 1.29 is 0 Å². The normalized spacial score (nSPS) is 12.7. The maximum absolute atomic E-state index is 3.74. The second-order valence-electron chi connectivity index (χ2n) is 5.03. The van der Waals surface area contributed by atoms with E-state index in [-0.39, 0.29) is 0 Å². The van der Waals surface area contributed by atoms with Gasteiger partial charge in [-0.25, -0.2) is 0 Å². The SMILES string of the molecule is CC(C)C(Br)Cc1ccc(-c2ccccc2)cc1. The fourth-order valence-corrected chi connectivity index (χ4v) is 2.30. The minimum atomic E-state index is 0.556. The molecule has 0 radical (unpaired) electrons. The van der Waals surface area contributed by atoms with Gasteiger partial charge in [0.2, 0.25) is 0 Å². The van der Waals surface area contributed by atoms with Gasteiger partial charge in [-0.05, 0) is 29.0 Å². The van der Waals surface area contributed by atoms with Crippen LogP contribution in [0.25, 0.3) is 11.1 Å². The van der Waals surface area contributed by atoms with Gasteiger partial charge in [-0.3, -0.25) is 0 Å². The number of alkyl halides is 1. The molecule has 0 nitrogen and oxygen atoms in total. The third kappa shape index (κ3) is 3.46. The summed E-state index contributed by atoms with van der Waals surface area (Å²) >= 11 is 3.74. The maximum Gasteiger partial charge on any atom is 0.0209 e. The van der Waals surface area contributed by atoms with Gasteiger partial charge in [0.1, 0.15) is 0 Å². The molecule has 0 aromatic heterocycles. The molecule has 2 aromatic rings. The van der Waals surface area contributed by atoms with Gasteiger partial charge in [0, 0.05) is 4.83 Å². The molecule has 2 aromatic carbocycles. The summed E-state index contributed by atoms with van der Waals surface area (Å²) < 4.78 is 0. The monoisotopic (exact) mass is 302 g/mol. The topological polar surface area (TPSA) is 0 Å². The minimum Gasteiger partial charge on any atom is -0.0884 e. The predicted molar refractivity (Wildman–Crippen MR) is 83.1 cm³/mol. The predicted octanol–water partition coefficient (Wildman–Crippen LogP) is 5.32. The highest BCUT2D eigenvalue weighted by Crippen LogP contribution is 2.22. The molecular weight excluding hydrogens is 284 g/mol. The van der Waals surface area contributed by atoms with E-state index in [2.05, 4.69) is 84.4 Å². The Labute approximate surface area is 118 Å². The van der Waals surface area contributed by atoms with Crippen molar-refractivity contribution >= 4 is 15.9 Å². The third-order valence-electron chi connectivity index (χ3n) is 3.22. The molecule has 0 fully saturated rings. The van der Waals surface area contributed by atoms with E-state index in [1.165, 1.54) is 16.7 Å². The highest BCUT2D eigenvalue weighted by molar-refractivity contribution is 9.09. The fourth-order valence-electron chi connectivity index (χ4n) is 1.92. The van der Waals surface area contributed by atoms with Crippen molar-refractivity contribution in [1.29, 1.82) is 0 Å². The zero-order chi connectivity index (χ0) is 13.0. The van der Waals surface area contributed by atoms with Gasteiger partial charge in [0.25, 0.3) is 0 Å². The molecule has 0 saturated carbocycles. The first-order valence-corrected chi connectivity index (χ1v) is 7.37. The van der Waals surface area contributed by atoms with Crippen LogP contribution in [-0.2, 0) is 6.42 Å². The Hall–Kier alpha value is -1.08. The molecule has 0 saturated heterocycles. The quantitative estimate of drug-likeness (QED) is 0.671. The summed E-state index contributed by atoms with van der Waals surface area (Å²) in [5.74, 6) is 0.666.